The molecule has 0 radical (unpaired) electrons. The van der Waals surface area contributed by atoms with Crippen molar-refractivity contribution >= 4 is 5.91 Å². The van der Waals surface area contributed by atoms with Gasteiger partial charge in [0, 0.05) is 37.2 Å². The lowest BCUT2D eigenvalue weighted by Crippen LogP contribution is -2.56. The number of rotatable bonds is 4. The summed E-state index contributed by atoms with van der Waals surface area (Å²) in [5.41, 5.74) is 3.14. The molecule has 6 nitrogen and oxygen atoms in total. The number of fused-ring (bicyclic) bond motifs is 2. The maximum Gasteiger partial charge on any atom is 0.228 e. The van der Waals surface area contributed by atoms with Crippen LogP contribution in [0, 0.1) is 11.8 Å². The first-order valence-corrected chi connectivity index (χ1v) is 13.9. The quantitative estimate of drug-likeness (QED) is 0.688. The van der Waals surface area contributed by atoms with Crippen molar-refractivity contribution in [1.82, 2.24) is 15.2 Å². The van der Waals surface area contributed by atoms with E-state index in [4.69, 9.17) is 9.47 Å². The van der Waals surface area contributed by atoms with Crippen LogP contribution in [0.3, 0.4) is 0 Å². The van der Waals surface area contributed by atoms with Gasteiger partial charge in [-0.15, -0.1) is 0 Å². The number of hydrogen-bond donors (Lipinski definition) is 1. The van der Waals surface area contributed by atoms with Gasteiger partial charge in [-0.2, -0.15) is 0 Å². The van der Waals surface area contributed by atoms with Gasteiger partial charge in [-0.1, -0.05) is 55.7 Å². The van der Waals surface area contributed by atoms with Gasteiger partial charge < -0.3 is 19.7 Å². The third-order valence-corrected chi connectivity index (χ3v) is 9.44. The lowest BCUT2D eigenvalue weighted by Gasteiger charge is -2.47. The Bertz CT molecular complexity index is 1070. The molecule has 6 heteroatoms. The average Bonchev–Trinajstić information content (AvgIpc) is 3.37. The van der Waals surface area contributed by atoms with E-state index >= 15 is 0 Å². The standard InChI is InChI=1S/C30H39N3O3/c1-35-28-13-12-24-26(32-28)18-36-20-30(24)19-31-17-25(30)29(34)33-15-14-23(21-8-4-2-5-9-21)16-27(33)22-10-6-3-7-11-22/h2,4-5,8-9,12-13,22-23,25,27,31H,3,6-7,10-11,14-20H2,1H3/t23-,25+,27+,30-/m1/s1. The average molecular weight is 490 g/mol. The zero-order chi connectivity index (χ0) is 24.5. The first-order valence-electron chi connectivity index (χ1n) is 13.9. The summed E-state index contributed by atoms with van der Waals surface area (Å²) < 4.78 is 11.5. The fourth-order valence-corrected chi connectivity index (χ4v) is 7.55. The molecule has 3 aliphatic heterocycles. The molecule has 36 heavy (non-hydrogen) atoms. The summed E-state index contributed by atoms with van der Waals surface area (Å²) in [5, 5.41) is 3.56. The number of aromatic nitrogens is 1. The van der Waals surface area contributed by atoms with Crippen LogP contribution >= 0.6 is 0 Å². The first kappa shape index (κ1) is 23.9. The number of nitrogens with zero attached hydrogens (tertiary/aromatic N) is 2. The van der Waals surface area contributed by atoms with E-state index in [2.05, 4.69) is 51.6 Å². The van der Waals surface area contributed by atoms with Gasteiger partial charge in [0.05, 0.1) is 31.9 Å². The van der Waals surface area contributed by atoms with Crippen LogP contribution in [0.5, 0.6) is 5.88 Å². The SMILES string of the molecule is COc1ccc2c(n1)COC[C@]21CNC[C@H]1C(=O)N1CC[C@@H](c2ccccc2)C[C@H]1C1CCCCC1. The van der Waals surface area contributed by atoms with Crippen molar-refractivity contribution in [2.75, 3.05) is 33.4 Å². The van der Waals surface area contributed by atoms with Gasteiger partial charge in [0.25, 0.3) is 0 Å². The van der Waals surface area contributed by atoms with E-state index in [1.54, 1.807) is 7.11 Å². The third kappa shape index (κ3) is 4.22. The van der Waals surface area contributed by atoms with Crippen molar-refractivity contribution in [3.05, 3.63) is 59.3 Å². The number of methoxy groups -OCH3 is 1. The molecule has 6 rings (SSSR count). The number of pyridine rings is 1. The Morgan fingerprint density at radius 2 is 1.94 bits per heavy atom. The molecule has 4 atom stereocenters. The number of carbonyl (C=O) groups is 1. The van der Waals surface area contributed by atoms with Crippen molar-refractivity contribution in [3.63, 3.8) is 0 Å². The highest BCUT2D eigenvalue weighted by molar-refractivity contribution is 5.82. The number of ether oxygens (including phenoxy) is 2. The minimum absolute atomic E-state index is 0.133. The molecule has 3 fully saturated rings. The van der Waals surface area contributed by atoms with Crippen LogP contribution < -0.4 is 10.1 Å². The molecule has 192 valence electrons. The summed E-state index contributed by atoms with van der Waals surface area (Å²) in [4.78, 5) is 21.5. The lowest BCUT2D eigenvalue weighted by atomic mass is 9.69. The topological polar surface area (TPSA) is 63.7 Å². The summed E-state index contributed by atoms with van der Waals surface area (Å²) in [5.74, 6) is 1.93. The predicted octanol–water partition coefficient (Wildman–Crippen LogP) is 4.43. The molecular weight excluding hydrogens is 450 g/mol. The van der Waals surface area contributed by atoms with Gasteiger partial charge in [-0.3, -0.25) is 4.79 Å². The monoisotopic (exact) mass is 489 g/mol. The molecular formula is C30H39N3O3. The van der Waals surface area contributed by atoms with Crippen LogP contribution in [0.25, 0.3) is 0 Å². The fourth-order valence-electron chi connectivity index (χ4n) is 7.55. The second-order valence-electron chi connectivity index (χ2n) is 11.3. The Labute approximate surface area is 214 Å². The molecule has 1 aromatic carbocycles. The van der Waals surface area contributed by atoms with Crippen molar-refractivity contribution in [1.29, 1.82) is 0 Å². The number of amides is 1. The summed E-state index contributed by atoms with van der Waals surface area (Å²) in [6.45, 7) is 3.33. The molecule has 1 N–H and O–H groups in total. The summed E-state index contributed by atoms with van der Waals surface area (Å²) >= 11 is 0. The number of benzene rings is 1. The van der Waals surface area contributed by atoms with Crippen LogP contribution in [0.15, 0.2) is 42.5 Å². The molecule has 1 amide bonds. The molecule has 1 saturated carbocycles. The van der Waals surface area contributed by atoms with Gasteiger partial charge in [0.15, 0.2) is 0 Å². The summed E-state index contributed by atoms with van der Waals surface area (Å²) in [7, 11) is 1.64. The molecule has 2 saturated heterocycles. The smallest absolute Gasteiger partial charge is 0.228 e. The van der Waals surface area contributed by atoms with Gasteiger partial charge in [0.2, 0.25) is 11.8 Å². The van der Waals surface area contributed by atoms with Gasteiger partial charge in [0.1, 0.15) is 0 Å². The summed E-state index contributed by atoms with van der Waals surface area (Å²) in [6, 6.07) is 15.3. The van der Waals surface area contributed by atoms with E-state index < -0.39 is 0 Å². The number of carbonyl (C=O) groups excluding carboxylic acids is 1. The van der Waals surface area contributed by atoms with E-state index in [1.165, 1.54) is 37.7 Å². The summed E-state index contributed by atoms with van der Waals surface area (Å²) in [6.07, 6.45) is 8.54. The minimum Gasteiger partial charge on any atom is -0.481 e. The van der Waals surface area contributed by atoms with E-state index in [0.29, 0.717) is 49.4 Å². The minimum atomic E-state index is -0.364. The van der Waals surface area contributed by atoms with Crippen LogP contribution in [0.2, 0.25) is 0 Å². The van der Waals surface area contributed by atoms with Crippen molar-refractivity contribution in [2.24, 2.45) is 11.8 Å². The predicted molar refractivity (Wildman–Crippen MR) is 139 cm³/mol. The van der Waals surface area contributed by atoms with Gasteiger partial charge in [-0.05, 0) is 48.6 Å². The van der Waals surface area contributed by atoms with Gasteiger partial charge in [-0.25, -0.2) is 4.98 Å². The zero-order valence-corrected chi connectivity index (χ0v) is 21.5. The maximum absolute atomic E-state index is 14.5. The molecule has 1 spiro atoms. The molecule has 0 unspecified atom stereocenters. The molecule has 1 aliphatic carbocycles. The first-order chi connectivity index (χ1) is 17.7. The second-order valence-corrected chi connectivity index (χ2v) is 11.3. The lowest BCUT2D eigenvalue weighted by molar-refractivity contribution is -0.144. The third-order valence-electron chi connectivity index (χ3n) is 9.44. The van der Waals surface area contributed by atoms with Gasteiger partial charge >= 0.3 is 0 Å². The van der Waals surface area contributed by atoms with Crippen LogP contribution in [-0.4, -0.2) is 55.2 Å². The molecule has 4 aliphatic rings. The Kier molecular flexibility index (Phi) is 6.74. The Hall–Kier alpha value is -2.44. The maximum atomic E-state index is 14.5. The Morgan fingerprint density at radius 3 is 2.75 bits per heavy atom. The zero-order valence-electron chi connectivity index (χ0n) is 21.5. The van der Waals surface area contributed by atoms with Crippen LogP contribution in [0.4, 0.5) is 0 Å². The Morgan fingerprint density at radius 1 is 1.11 bits per heavy atom. The fraction of sp³-hybridized carbons (Fsp3) is 0.600. The van der Waals surface area contributed by atoms with Crippen molar-refractivity contribution in [2.45, 2.75) is 68.9 Å². The highest BCUT2D eigenvalue weighted by atomic mass is 16.5. The van der Waals surface area contributed by atoms with Crippen molar-refractivity contribution in [3.8, 4) is 5.88 Å². The molecule has 1 aromatic heterocycles. The number of nitrogens with one attached hydrogen (secondary N) is 1. The van der Waals surface area contributed by atoms with E-state index in [1.807, 2.05) is 6.07 Å². The van der Waals surface area contributed by atoms with E-state index in [9.17, 15) is 4.79 Å². The van der Waals surface area contributed by atoms with Crippen LogP contribution in [-0.2, 0) is 21.6 Å². The number of hydrogen-bond acceptors (Lipinski definition) is 5. The van der Waals surface area contributed by atoms with Crippen molar-refractivity contribution < 1.29 is 14.3 Å². The number of piperidine rings is 1. The molecule has 4 heterocycles. The molecule has 0 bridgehead atoms. The number of likely N-dealkylation sites (tertiary alicyclic amines) is 1. The molecule has 2 aromatic rings. The second kappa shape index (κ2) is 10.1. The Balaban J connectivity index is 1.30. The van der Waals surface area contributed by atoms with E-state index in [0.717, 1.165) is 37.2 Å². The highest BCUT2D eigenvalue weighted by Gasteiger charge is 2.53. The van der Waals surface area contributed by atoms with E-state index in [-0.39, 0.29) is 11.3 Å². The van der Waals surface area contributed by atoms with Crippen LogP contribution in [0.1, 0.15) is 67.7 Å². The highest BCUT2D eigenvalue weighted by Crippen LogP contribution is 2.45. The largest absolute Gasteiger partial charge is 0.481 e. The normalized spacial score (nSPS) is 30.8.